The lowest BCUT2D eigenvalue weighted by Crippen LogP contribution is -2.21. The van der Waals surface area contributed by atoms with Gasteiger partial charge in [0.05, 0.1) is 12.7 Å². The van der Waals surface area contributed by atoms with Crippen molar-refractivity contribution in [2.24, 2.45) is 0 Å². The molecule has 1 aliphatic carbocycles. The van der Waals surface area contributed by atoms with E-state index in [9.17, 15) is 9.59 Å². The summed E-state index contributed by atoms with van der Waals surface area (Å²) in [4.78, 5) is 26.7. The number of nitrogens with zero attached hydrogens (tertiary/aromatic N) is 1. The zero-order valence-electron chi connectivity index (χ0n) is 11.3. The second kappa shape index (κ2) is 6.36. The van der Waals surface area contributed by atoms with Crippen LogP contribution in [0, 0.1) is 0 Å². The first-order valence-electron chi connectivity index (χ1n) is 6.60. The molecule has 0 amide bonds. The summed E-state index contributed by atoms with van der Waals surface area (Å²) in [6.07, 6.45) is 6.22. The van der Waals surface area contributed by atoms with Crippen molar-refractivity contribution in [1.82, 2.24) is 4.98 Å². The van der Waals surface area contributed by atoms with E-state index in [4.69, 9.17) is 14.6 Å². The number of hydrogen-bond acceptors (Lipinski definition) is 5. The number of carbonyl (C=O) groups is 2. The van der Waals surface area contributed by atoms with Crippen LogP contribution >= 0.6 is 0 Å². The predicted molar refractivity (Wildman–Crippen MR) is 70.0 cm³/mol. The summed E-state index contributed by atoms with van der Waals surface area (Å²) >= 11 is 0. The lowest BCUT2D eigenvalue weighted by Gasteiger charge is -2.21. The molecule has 0 bridgehead atoms. The smallest absolute Gasteiger partial charge is 0.358 e. The number of pyridine rings is 1. The van der Waals surface area contributed by atoms with Gasteiger partial charge in [-0.25, -0.2) is 14.6 Å². The van der Waals surface area contributed by atoms with Gasteiger partial charge in [-0.2, -0.15) is 0 Å². The Morgan fingerprint density at radius 1 is 1.30 bits per heavy atom. The standard InChI is InChI=1S/C14H17NO5/c1-19-11-7-9(8-15-12(11)13(16)17)14(18)20-10-5-3-2-4-6-10/h7-8,10H,2-6H2,1H3,(H,16,17). The number of carbonyl (C=O) groups excluding carboxylic acids is 1. The fourth-order valence-corrected chi connectivity index (χ4v) is 2.27. The highest BCUT2D eigenvalue weighted by atomic mass is 16.5. The van der Waals surface area contributed by atoms with Gasteiger partial charge in [-0.3, -0.25) is 0 Å². The van der Waals surface area contributed by atoms with Crippen LogP contribution in [0.1, 0.15) is 53.0 Å². The van der Waals surface area contributed by atoms with Gasteiger partial charge in [0.25, 0.3) is 0 Å². The summed E-state index contributed by atoms with van der Waals surface area (Å²) in [7, 11) is 1.33. The molecule has 0 saturated heterocycles. The number of esters is 1. The van der Waals surface area contributed by atoms with Gasteiger partial charge in [-0.05, 0) is 31.7 Å². The third-order valence-corrected chi connectivity index (χ3v) is 3.34. The first-order valence-corrected chi connectivity index (χ1v) is 6.60. The Labute approximate surface area is 116 Å². The van der Waals surface area contributed by atoms with Gasteiger partial charge in [0.15, 0.2) is 11.4 Å². The Bertz CT molecular complexity index is 508. The zero-order valence-corrected chi connectivity index (χ0v) is 11.3. The van der Waals surface area contributed by atoms with Crippen LogP contribution < -0.4 is 4.74 Å². The molecule has 1 heterocycles. The van der Waals surface area contributed by atoms with E-state index in [1.807, 2.05) is 0 Å². The molecule has 0 unspecified atom stereocenters. The van der Waals surface area contributed by atoms with Crippen LogP contribution in [0.25, 0.3) is 0 Å². The summed E-state index contributed by atoms with van der Waals surface area (Å²) in [5, 5.41) is 8.93. The summed E-state index contributed by atoms with van der Waals surface area (Å²) in [6.45, 7) is 0. The summed E-state index contributed by atoms with van der Waals surface area (Å²) in [6, 6.07) is 1.35. The molecule has 1 saturated carbocycles. The maximum atomic E-state index is 12.0. The minimum atomic E-state index is -1.20. The predicted octanol–water partition coefficient (Wildman–Crippen LogP) is 2.28. The van der Waals surface area contributed by atoms with Gasteiger partial charge in [0.2, 0.25) is 0 Å². The maximum Gasteiger partial charge on any atom is 0.358 e. The van der Waals surface area contributed by atoms with Crippen molar-refractivity contribution in [2.45, 2.75) is 38.2 Å². The van der Waals surface area contributed by atoms with Crippen molar-refractivity contribution in [3.8, 4) is 5.75 Å². The van der Waals surface area contributed by atoms with Crippen LogP contribution in [0.5, 0.6) is 5.75 Å². The van der Waals surface area contributed by atoms with Gasteiger partial charge in [0.1, 0.15) is 6.10 Å². The highest BCUT2D eigenvalue weighted by Gasteiger charge is 2.21. The van der Waals surface area contributed by atoms with Crippen molar-refractivity contribution in [2.75, 3.05) is 7.11 Å². The van der Waals surface area contributed by atoms with Crippen molar-refractivity contribution in [3.63, 3.8) is 0 Å². The molecule has 0 spiro atoms. The number of carboxylic acid groups (broad SMARTS) is 1. The average molecular weight is 279 g/mol. The van der Waals surface area contributed by atoms with Crippen LogP contribution in [0.4, 0.5) is 0 Å². The topological polar surface area (TPSA) is 85.7 Å². The number of methoxy groups -OCH3 is 1. The maximum absolute atomic E-state index is 12.0. The Balaban J connectivity index is 2.11. The van der Waals surface area contributed by atoms with Crippen LogP contribution in [-0.2, 0) is 4.74 Å². The van der Waals surface area contributed by atoms with Crippen LogP contribution in [0.15, 0.2) is 12.3 Å². The molecule has 2 rings (SSSR count). The number of ether oxygens (including phenoxy) is 2. The number of aromatic nitrogens is 1. The molecule has 1 aromatic rings. The quantitative estimate of drug-likeness (QED) is 0.851. The summed E-state index contributed by atoms with van der Waals surface area (Å²) in [5.74, 6) is -1.63. The van der Waals surface area contributed by atoms with Crippen molar-refractivity contribution in [1.29, 1.82) is 0 Å². The van der Waals surface area contributed by atoms with E-state index in [1.54, 1.807) is 0 Å². The second-order valence-electron chi connectivity index (χ2n) is 4.75. The fourth-order valence-electron chi connectivity index (χ4n) is 2.27. The molecule has 1 aliphatic rings. The molecule has 1 fully saturated rings. The first kappa shape index (κ1) is 14.3. The molecule has 6 nitrogen and oxygen atoms in total. The molecule has 0 radical (unpaired) electrons. The molecule has 1 N–H and O–H groups in total. The van der Waals surface area contributed by atoms with Crippen LogP contribution in [0.2, 0.25) is 0 Å². The normalized spacial score (nSPS) is 15.7. The third kappa shape index (κ3) is 3.26. The largest absolute Gasteiger partial charge is 0.494 e. The molecule has 0 aromatic carbocycles. The van der Waals surface area contributed by atoms with E-state index in [1.165, 1.54) is 25.8 Å². The van der Waals surface area contributed by atoms with Crippen molar-refractivity contribution in [3.05, 3.63) is 23.5 Å². The molecular weight excluding hydrogens is 262 g/mol. The van der Waals surface area contributed by atoms with Gasteiger partial charge >= 0.3 is 11.9 Å². The first-order chi connectivity index (χ1) is 9.61. The Hall–Kier alpha value is -2.11. The van der Waals surface area contributed by atoms with Gasteiger partial charge in [-0.1, -0.05) is 6.42 Å². The monoisotopic (exact) mass is 279 g/mol. The minimum absolute atomic E-state index is 0.0515. The Morgan fingerprint density at radius 2 is 2.00 bits per heavy atom. The molecule has 0 aliphatic heterocycles. The van der Waals surface area contributed by atoms with E-state index in [0.717, 1.165) is 25.7 Å². The van der Waals surface area contributed by atoms with Gasteiger partial charge in [-0.15, -0.1) is 0 Å². The van der Waals surface area contributed by atoms with E-state index < -0.39 is 11.9 Å². The van der Waals surface area contributed by atoms with Crippen molar-refractivity contribution < 1.29 is 24.2 Å². The molecule has 0 atom stereocenters. The molecule has 108 valence electrons. The molecule has 6 heteroatoms. The SMILES string of the molecule is COc1cc(C(=O)OC2CCCCC2)cnc1C(=O)O. The molecule has 20 heavy (non-hydrogen) atoms. The minimum Gasteiger partial charge on any atom is -0.494 e. The Kier molecular flexibility index (Phi) is 4.55. The van der Waals surface area contributed by atoms with E-state index in [2.05, 4.69) is 4.98 Å². The third-order valence-electron chi connectivity index (χ3n) is 3.34. The Morgan fingerprint density at radius 3 is 2.60 bits per heavy atom. The van der Waals surface area contributed by atoms with Crippen molar-refractivity contribution >= 4 is 11.9 Å². The fraction of sp³-hybridized carbons (Fsp3) is 0.500. The van der Waals surface area contributed by atoms with Crippen LogP contribution in [0.3, 0.4) is 0 Å². The van der Waals surface area contributed by atoms with E-state index in [-0.39, 0.29) is 23.1 Å². The summed E-state index contributed by atoms with van der Waals surface area (Å²) in [5.41, 5.74) is -0.0147. The number of hydrogen-bond donors (Lipinski definition) is 1. The van der Waals surface area contributed by atoms with Gasteiger partial charge < -0.3 is 14.6 Å². The van der Waals surface area contributed by atoms with E-state index >= 15 is 0 Å². The second-order valence-corrected chi connectivity index (χ2v) is 4.75. The highest BCUT2D eigenvalue weighted by Crippen LogP contribution is 2.23. The van der Waals surface area contributed by atoms with Gasteiger partial charge in [0, 0.05) is 6.20 Å². The zero-order chi connectivity index (χ0) is 14.5. The molecular formula is C14H17NO5. The summed E-state index contributed by atoms with van der Waals surface area (Å²) < 4.78 is 10.3. The van der Waals surface area contributed by atoms with E-state index in [0.29, 0.717) is 0 Å². The lowest BCUT2D eigenvalue weighted by molar-refractivity contribution is 0.0209. The van der Waals surface area contributed by atoms with Crippen LogP contribution in [-0.4, -0.2) is 35.2 Å². The highest BCUT2D eigenvalue weighted by molar-refractivity contribution is 5.93. The molecule has 1 aromatic heterocycles. The number of aromatic carboxylic acids is 1. The number of rotatable bonds is 4. The lowest BCUT2D eigenvalue weighted by atomic mass is 9.98. The number of carboxylic acids is 1. The average Bonchev–Trinajstić information content (AvgIpc) is 2.47.